The molecule has 0 nitrogen and oxygen atoms in total. The highest BCUT2D eigenvalue weighted by Crippen LogP contribution is 2.39. The van der Waals surface area contributed by atoms with E-state index in [2.05, 4.69) is 74.5 Å². The Morgan fingerprint density at radius 2 is 1.24 bits per heavy atom. The fourth-order valence-electron chi connectivity index (χ4n) is 3.22. The van der Waals surface area contributed by atoms with Crippen molar-refractivity contribution in [2.24, 2.45) is 5.41 Å². The molecule has 0 aromatic heterocycles. The van der Waals surface area contributed by atoms with Crippen LogP contribution in [0.2, 0.25) is 0 Å². The lowest BCUT2D eigenvalue weighted by atomic mass is 9.71. The summed E-state index contributed by atoms with van der Waals surface area (Å²) in [5.74, 6) is 0. The quantitative estimate of drug-likeness (QED) is 0.634. The maximum Gasteiger partial charge on any atom is 0.00769 e. The van der Waals surface area contributed by atoms with Crippen molar-refractivity contribution in [2.45, 2.75) is 44.8 Å². The van der Waals surface area contributed by atoms with Gasteiger partial charge < -0.3 is 0 Å². The van der Waals surface area contributed by atoms with Crippen molar-refractivity contribution >= 4 is 12.6 Å². The first-order chi connectivity index (χ1) is 10.2. The first-order valence-corrected chi connectivity index (χ1v) is 8.47. The normalized spacial score (nSPS) is 13.1. The van der Waals surface area contributed by atoms with E-state index in [0.29, 0.717) is 5.25 Å². The molecule has 112 valence electrons. The second kappa shape index (κ2) is 7.70. The van der Waals surface area contributed by atoms with Gasteiger partial charge in [0.05, 0.1) is 0 Å². The lowest BCUT2D eigenvalue weighted by Crippen LogP contribution is -2.35. The molecule has 0 heterocycles. The summed E-state index contributed by atoms with van der Waals surface area (Å²) in [6.45, 7) is 4.56. The Bertz CT molecular complexity index is 477. The summed E-state index contributed by atoms with van der Waals surface area (Å²) in [6.07, 6.45) is 4.46. The average molecular weight is 298 g/mol. The summed E-state index contributed by atoms with van der Waals surface area (Å²) in [4.78, 5) is 0. The summed E-state index contributed by atoms with van der Waals surface area (Å²) in [7, 11) is 0. The Balaban J connectivity index is 2.29. The third-order valence-corrected chi connectivity index (χ3v) is 5.51. The Hall–Kier alpha value is -1.21. The van der Waals surface area contributed by atoms with Crippen LogP contribution in [0.5, 0.6) is 0 Å². The van der Waals surface area contributed by atoms with Crippen molar-refractivity contribution in [1.29, 1.82) is 0 Å². The van der Waals surface area contributed by atoms with Gasteiger partial charge in [0, 0.05) is 5.25 Å². The first kappa shape index (κ1) is 16.2. The number of thiol groups is 1. The smallest absolute Gasteiger partial charge is 0.00769 e. The van der Waals surface area contributed by atoms with E-state index in [1.54, 1.807) is 0 Å². The second-order valence-electron chi connectivity index (χ2n) is 5.96. The van der Waals surface area contributed by atoms with Crippen molar-refractivity contribution in [2.75, 3.05) is 0 Å². The molecule has 0 aliphatic heterocycles. The van der Waals surface area contributed by atoms with E-state index in [1.165, 1.54) is 11.1 Å². The van der Waals surface area contributed by atoms with Gasteiger partial charge in [-0.25, -0.2) is 0 Å². The van der Waals surface area contributed by atoms with Crippen LogP contribution in [0.1, 0.15) is 37.8 Å². The third-order valence-electron chi connectivity index (χ3n) is 4.60. The predicted octanol–water partition coefficient (Wildman–Crippen LogP) is 5.58. The number of hydrogen-bond donors (Lipinski definition) is 1. The van der Waals surface area contributed by atoms with Gasteiger partial charge in [-0.1, -0.05) is 74.5 Å². The van der Waals surface area contributed by atoms with Gasteiger partial charge in [0.2, 0.25) is 0 Å². The van der Waals surface area contributed by atoms with E-state index in [9.17, 15) is 0 Å². The third kappa shape index (κ3) is 4.14. The van der Waals surface area contributed by atoms with Gasteiger partial charge in [0.15, 0.2) is 0 Å². The monoisotopic (exact) mass is 298 g/mol. The zero-order valence-electron chi connectivity index (χ0n) is 13.1. The minimum Gasteiger partial charge on any atom is -0.175 e. The van der Waals surface area contributed by atoms with Crippen LogP contribution in [0.25, 0.3) is 0 Å². The minimum atomic E-state index is 0.223. The summed E-state index contributed by atoms with van der Waals surface area (Å²) >= 11 is 4.95. The van der Waals surface area contributed by atoms with Gasteiger partial charge >= 0.3 is 0 Å². The molecule has 0 fully saturated rings. The second-order valence-corrected chi connectivity index (χ2v) is 6.59. The fraction of sp³-hybridized carbons (Fsp3) is 0.400. The lowest BCUT2D eigenvalue weighted by Gasteiger charge is -2.38. The summed E-state index contributed by atoms with van der Waals surface area (Å²) in [5, 5.41) is 0.419. The molecule has 21 heavy (non-hydrogen) atoms. The van der Waals surface area contributed by atoms with Gasteiger partial charge in [-0.2, -0.15) is 12.6 Å². The summed E-state index contributed by atoms with van der Waals surface area (Å²) < 4.78 is 0. The molecule has 0 saturated carbocycles. The average Bonchev–Trinajstić information content (AvgIpc) is 2.55. The fourth-order valence-corrected chi connectivity index (χ4v) is 3.59. The van der Waals surface area contributed by atoms with Crippen molar-refractivity contribution in [3.63, 3.8) is 0 Å². The van der Waals surface area contributed by atoms with Crippen LogP contribution in [0, 0.1) is 5.41 Å². The highest BCUT2D eigenvalue weighted by atomic mass is 32.1. The van der Waals surface area contributed by atoms with E-state index >= 15 is 0 Å². The molecule has 1 heteroatoms. The predicted molar refractivity (Wildman–Crippen MR) is 96.1 cm³/mol. The lowest BCUT2D eigenvalue weighted by molar-refractivity contribution is 0.255. The van der Waals surface area contributed by atoms with Crippen molar-refractivity contribution in [1.82, 2.24) is 0 Å². The van der Waals surface area contributed by atoms with Crippen LogP contribution in [-0.2, 0) is 12.8 Å². The molecule has 0 bridgehead atoms. The van der Waals surface area contributed by atoms with Crippen LogP contribution >= 0.6 is 12.6 Å². The summed E-state index contributed by atoms with van der Waals surface area (Å²) in [6, 6.07) is 21.7. The van der Waals surface area contributed by atoms with Crippen molar-refractivity contribution < 1.29 is 0 Å². The molecule has 1 atom stereocenters. The van der Waals surface area contributed by atoms with Crippen molar-refractivity contribution in [3.05, 3.63) is 71.8 Å². The zero-order valence-corrected chi connectivity index (χ0v) is 14.0. The highest BCUT2D eigenvalue weighted by Gasteiger charge is 2.34. The van der Waals surface area contributed by atoms with E-state index in [-0.39, 0.29) is 5.41 Å². The molecule has 0 spiro atoms. The van der Waals surface area contributed by atoms with Gasteiger partial charge in [-0.3, -0.25) is 0 Å². The Labute approximate surface area is 135 Å². The number of hydrogen-bond acceptors (Lipinski definition) is 1. The zero-order chi connectivity index (χ0) is 15.1. The van der Waals surface area contributed by atoms with E-state index < -0.39 is 0 Å². The van der Waals surface area contributed by atoms with Crippen molar-refractivity contribution in [3.8, 4) is 0 Å². The van der Waals surface area contributed by atoms with E-state index in [1.807, 2.05) is 0 Å². The molecule has 2 aromatic rings. The SMILES string of the molecule is CCC(S)C(CC)(Cc1ccccc1)Cc1ccccc1. The Morgan fingerprint density at radius 1 is 0.810 bits per heavy atom. The molecule has 2 rings (SSSR count). The minimum absolute atomic E-state index is 0.223. The molecule has 0 N–H and O–H groups in total. The highest BCUT2D eigenvalue weighted by molar-refractivity contribution is 7.81. The standard InChI is InChI=1S/C20H26S/c1-3-19(21)20(4-2,15-17-11-7-5-8-12-17)16-18-13-9-6-10-14-18/h5-14,19,21H,3-4,15-16H2,1-2H3. The van der Waals surface area contributed by atoms with Crippen LogP contribution in [-0.4, -0.2) is 5.25 Å². The molecule has 0 saturated heterocycles. The van der Waals surface area contributed by atoms with Crippen LogP contribution in [0.4, 0.5) is 0 Å². The van der Waals surface area contributed by atoms with Gasteiger partial charge in [-0.05, 0) is 42.2 Å². The Morgan fingerprint density at radius 3 is 1.57 bits per heavy atom. The molecule has 0 radical (unpaired) electrons. The van der Waals surface area contributed by atoms with Crippen LogP contribution < -0.4 is 0 Å². The number of benzene rings is 2. The molecule has 0 aliphatic rings. The molecule has 0 aliphatic carbocycles. The largest absolute Gasteiger partial charge is 0.175 e. The molecule has 2 aromatic carbocycles. The van der Waals surface area contributed by atoms with Gasteiger partial charge in [0.1, 0.15) is 0 Å². The molecular weight excluding hydrogens is 272 g/mol. The molecular formula is C20H26S. The van der Waals surface area contributed by atoms with Crippen LogP contribution in [0.3, 0.4) is 0 Å². The maximum atomic E-state index is 4.95. The first-order valence-electron chi connectivity index (χ1n) is 7.96. The van der Waals surface area contributed by atoms with E-state index in [0.717, 1.165) is 25.7 Å². The molecule has 0 amide bonds. The number of rotatable bonds is 7. The van der Waals surface area contributed by atoms with Crippen LogP contribution in [0.15, 0.2) is 60.7 Å². The topological polar surface area (TPSA) is 0 Å². The summed E-state index contributed by atoms with van der Waals surface area (Å²) in [5.41, 5.74) is 3.06. The van der Waals surface area contributed by atoms with Gasteiger partial charge in [-0.15, -0.1) is 0 Å². The maximum absolute atomic E-state index is 4.95. The van der Waals surface area contributed by atoms with Gasteiger partial charge in [0.25, 0.3) is 0 Å². The Kier molecular flexibility index (Phi) is 5.93. The van der Waals surface area contributed by atoms with E-state index in [4.69, 9.17) is 12.6 Å². The molecule has 1 unspecified atom stereocenters.